The highest BCUT2D eigenvalue weighted by molar-refractivity contribution is 6.00. The molecule has 224 valence electrons. The fourth-order valence-corrected chi connectivity index (χ4v) is 5.36. The average molecular weight is 587 g/mol. The summed E-state index contributed by atoms with van der Waals surface area (Å²) in [5, 5.41) is 61.9. The molecule has 2 saturated heterocycles. The number of aliphatic hydroxyl groups is 3. The van der Waals surface area contributed by atoms with Crippen molar-refractivity contribution in [2.24, 2.45) is 11.8 Å². The SMILES string of the molecule is C=CC1C(OC2OC(CO)C(O)C(O)C2OC(=O)c2c(O)cc(O)cc2-c2cccc(O)c2)OC=C2C(=O)OCCC21. The number of hydrogen-bond acceptors (Lipinski definition) is 13. The number of phenols is 3. The highest BCUT2D eigenvalue weighted by Gasteiger charge is 2.50. The molecule has 3 aliphatic heterocycles. The van der Waals surface area contributed by atoms with E-state index in [9.17, 15) is 40.2 Å². The van der Waals surface area contributed by atoms with Crippen molar-refractivity contribution < 1.29 is 63.9 Å². The molecule has 42 heavy (non-hydrogen) atoms. The largest absolute Gasteiger partial charge is 0.508 e. The van der Waals surface area contributed by atoms with Gasteiger partial charge in [0.1, 0.15) is 41.1 Å². The molecule has 2 aromatic carbocycles. The predicted octanol–water partition coefficient (Wildman–Crippen LogP) is 1.06. The zero-order valence-electron chi connectivity index (χ0n) is 22.1. The van der Waals surface area contributed by atoms with E-state index >= 15 is 0 Å². The molecule has 3 aliphatic rings. The Morgan fingerprint density at radius 2 is 1.86 bits per heavy atom. The molecule has 0 saturated carbocycles. The van der Waals surface area contributed by atoms with E-state index in [0.717, 1.165) is 6.07 Å². The summed E-state index contributed by atoms with van der Waals surface area (Å²) in [6.07, 6.45) is -6.13. The summed E-state index contributed by atoms with van der Waals surface area (Å²) < 4.78 is 27.9. The predicted molar refractivity (Wildman–Crippen MR) is 141 cm³/mol. The van der Waals surface area contributed by atoms with E-state index in [-0.39, 0.29) is 35.2 Å². The Morgan fingerprint density at radius 1 is 1.07 bits per heavy atom. The van der Waals surface area contributed by atoms with Crippen LogP contribution in [0.15, 0.2) is 60.9 Å². The van der Waals surface area contributed by atoms with Crippen molar-refractivity contribution in [2.75, 3.05) is 13.2 Å². The Morgan fingerprint density at radius 3 is 2.57 bits per heavy atom. The number of esters is 2. The van der Waals surface area contributed by atoms with Gasteiger partial charge < -0.3 is 54.3 Å². The lowest BCUT2D eigenvalue weighted by atomic mass is 9.81. The normalized spacial score (nSPS) is 30.7. The zero-order valence-corrected chi connectivity index (χ0v) is 22.1. The second-order valence-electron chi connectivity index (χ2n) is 10.1. The number of hydrogen-bond donors (Lipinski definition) is 6. The molecule has 5 rings (SSSR count). The second kappa shape index (κ2) is 12.0. The monoisotopic (exact) mass is 586 g/mol. The topological polar surface area (TPSA) is 202 Å². The first-order chi connectivity index (χ1) is 20.1. The van der Waals surface area contributed by atoms with E-state index in [2.05, 4.69) is 6.58 Å². The van der Waals surface area contributed by atoms with Gasteiger partial charge in [-0.2, -0.15) is 0 Å². The van der Waals surface area contributed by atoms with Crippen molar-refractivity contribution in [1.29, 1.82) is 0 Å². The van der Waals surface area contributed by atoms with Gasteiger partial charge in [0.2, 0.25) is 12.6 Å². The van der Waals surface area contributed by atoms with E-state index in [1.54, 1.807) is 0 Å². The van der Waals surface area contributed by atoms with Gasteiger partial charge in [-0.15, -0.1) is 6.58 Å². The summed E-state index contributed by atoms with van der Waals surface area (Å²) in [6.45, 7) is 3.27. The summed E-state index contributed by atoms with van der Waals surface area (Å²) in [6, 6.07) is 7.77. The van der Waals surface area contributed by atoms with Crippen LogP contribution in [0.4, 0.5) is 0 Å². The zero-order chi connectivity index (χ0) is 30.1. The molecule has 0 aromatic heterocycles. The van der Waals surface area contributed by atoms with Crippen molar-refractivity contribution in [2.45, 2.75) is 43.4 Å². The fraction of sp³-hybridized carbons (Fsp3) is 0.379. The number of benzene rings is 2. The van der Waals surface area contributed by atoms with Crippen LogP contribution >= 0.6 is 0 Å². The minimum atomic E-state index is -1.82. The first-order valence-electron chi connectivity index (χ1n) is 13.1. The van der Waals surface area contributed by atoms with Crippen LogP contribution in [0.25, 0.3) is 11.1 Å². The van der Waals surface area contributed by atoms with Gasteiger partial charge in [-0.1, -0.05) is 18.2 Å². The number of cyclic esters (lactones) is 1. The molecule has 0 radical (unpaired) electrons. The highest BCUT2D eigenvalue weighted by atomic mass is 16.8. The Kier molecular flexibility index (Phi) is 8.38. The van der Waals surface area contributed by atoms with Crippen LogP contribution in [-0.4, -0.2) is 92.8 Å². The van der Waals surface area contributed by atoms with Crippen LogP contribution in [0.3, 0.4) is 0 Å². The molecular weight excluding hydrogens is 556 g/mol. The maximum absolute atomic E-state index is 13.5. The third kappa shape index (κ3) is 5.52. The molecule has 0 amide bonds. The quantitative estimate of drug-likeness (QED) is 0.199. The third-order valence-electron chi connectivity index (χ3n) is 7.48. The Labute approximate surface area is 239 Å². The number of fused-ring (bicyclic) bond motifs is 1. The van der Waals surface area contributed by atoms with Gasteiger partial charge in [0.25, 0.3) is 0 Å². The van der Waals surface area contributed by atoms with Crippen LogP contribution in [0.2, 0.25) is 0 Å². The Bertz CT molecular complexity index is 1390. The first kappa shape index (κ1) is 29.4. The van der Waals surface area contributed by atoms with E-state index < -0.39 is 72.8 Å². The summed E-state index contributed by atoms with van der Waals surface area (Å²) in [5.41, 5.74) is 0.119. The van der Waals surface area contributed by atoms with Gasteiger partial charge in [-0.3, -0.25) is 0 Å². The number of aliphatic hydroxyl groups excluding tert-OH is 3. The summed E-state index contributed by atoms with van der Waals surface area (Å²) in [4.78, 5) is 25.7. The standard InChI is InChI=1S/C29H30O13/c1-2-16-17-6-7-38-26(36)19(17)12-39-28(16)42-29-25(24(35)23(34)21(11-30)40-29)41-27(37)22-18(9-15(32)10-20(22)33)13-4-3-5-14(31)8-13/h2-5,8-10,12,16-17,21,23-25,28-35H,1,6-7,11H2. The molecule has 6 N–H and O–H groups in total. The molecule has 8 atom stereocenters. The average Bonchev–Trinajstić information content (AvgIpc) is 2.96. The third-order valence-corrected chi connectivity index (χ3v) is 7.48. The minimum Gasteiger partial charge on any atom is -0.508 e. The van der Waals surface area contributed by atoms with Crippen LogP contribution in [0, 0.1) is 11.8 Å². The molecule has 13 nitrogen and oxygen atoms in total. The van der Waals surface area contributed by atoms with Gasteiger partial charge in [-0.05, 0) is 30.2 Å². The summed E-state index contributed by atoms with van der Waals surface area (Å²) in [5.74, 6) is -3.88. The highest BCUT2D eigenvalue weighted by Crippen LogP contribution is 2.40. The van der Waals surface area contributed by atoms with Crippen molar-refractivity contribution >= 4 is 11.9 Å². The van der Waals surface area contributed by atoms with Crippen LogP contribution in [0.1, 0.15) is 16.8 Å². The fourth-order valence-electron chi connectivity index (χ4n) is 5.36. The van der Waals surface area contributed by atoms with Crippen molar-refractivity contribution in [1.82, 2.24) is 0 Å². The van der Waals surface area contributed by atoms with Crippen molar-refractivity contribution in [3.05, 3.63) is 66.5 Å². The van der Waals surface area contributed by atoms with Crippen molar-refractivity contribution in [3.63, 3.8) is 0 Å². The van der Waals surface area contributed by atoms with Crippen LogP contribution in [0.5, 0.6) is 17.2 Å². The van der Waals surface area contributed by atoms with E-state index in [4.69, 9.17) is 23.7 Å². The number of phenolic OH excluding ortho intramolecular Hbond substituents is 3. The van der Waals surface area contributed by atoms with Gasteiger partial charge >= 0.3 is 11.9 Å². The smallest absolute Gasteiger partial charge is 0.343 e. The molecular formula is C29H30O13. The lowest BCUT2D eigenvalue weighted by molar-refractivity contribution is -0.338. The number of rotatable bonds is 7. The number of aromatic hydroxyl groups is 3. The second-order valence-corrected chi connectivity index (χ2v) is 10.1. The molecule has 13 heteroatoms. The number of carbonyl (C=O) groups excluding carboxylic acids is 2. The van der Waals surface area contributed by atoms with Gasteiger partial charge in [0, 0.05) is 23.5 Å². The van der Waals surface area contributed by atoms with Gasteiger partial charge in [0.15, 0.2) is 6.10 Å². The molecule has 2 aromatic rings. The summed E-state index contributed by atoms with van der Waals surface area (Å²) >= 11 is 0. The minimum absolute atomic E-state index is 0.00458. The van der Waals surface area contributed by atoms with Gasteiger partial charge in [-0.25, -0.2) is 9.59 Å². The lowest BCUT2D eigenvalue weighted by Gasteiger charge is -2.44. The molecule has 0 spiro atoms. The van der Waals surface area contributed by atoms with E-state index in [1.807, 2.05) is 0 Å². The maximum Gasteiger partial charge on any atom is 0.343 e. The molecule has 0 bridgehead atoms. The number of carbonyl (C=O) groups is 2. The van der Waals surface area contributed by atoms with E-state index in [0.29, 0.717) is 12.0 Å². The Balaban J connectivity index is 1.46. The Hall–Kier alpha value is -4.14. The molecule has 2 fully saturated rings. The van der Waals surface area contributed by atoms with Crippen molar-refractivity contribution in [3.8, 4) is 28.4 Å². The molecule has 3 heterocycles. The lowest BCUT2D eigenvalue weighted by Crippen LogP contribution is -2.61. The molecule has 8 unspecified atom stereocenters. The first-order valence-corrected chi connectivity index (χ1v) is 13.1. The maximum atomic E-state index is 13.5. The van der Waals surface area contributed by atoms with E-state index in [1.165, 1.54) is 42.7 Å². The van der Waals surface area contributed by atoms with Crippen LogP contribution < -0.4 is 0 Å². The summed E-state index contributed by atoms with van der Waals surface area (Å²) in [7, 11) is 0. The molecule has 0 aliphatic carbocycles. The van der Waals surface area contributed by atoms with Crippen LogP contribution in [-0.2, 0) is 28.5 Å². The number of ether oxygens (including phenoxy) is 5. The van der Waals surface area contributed by atoms with Gasteiger partial charge in [0.05, 0.1) is 25.0 Å².